The molecule has 16 heavy (non-hydrogen) atoms. The molecule has 0 aliphatic rings. The van der Waals surface area contributed by atoms with E-state index in [4.69, 9.17) is 10.00 Å². The first-order valence-electron chi connectivity index (χ1n) is 4.59. The van der Waals surface area contributed by atoms with Gasteiger partial charge in [0.15, 0.2) is 11.4 Å². The average Bonchev–Trinajstić information content (AvgIpc) is 2.33. The number of pyridine rings is 1. The highest BCUT2D eigenvalue weighted by atomic mass is 79.9. The highest BCUT2D eigenvalue weighted by Crippen LogP contribution is 2.29. The zero-order valence-electron chi connectivity index (χ0n) is 8.22. The summed E-state index contributed by atoms with van der Waals surface area (Å²) in [5.41, 5.74) is 0.276. The number of ether oxygens (including phenoxy) is 1. The van der Waals surface area contributed by atoms with Gasteiger partial charge in [-0.2, -0.15) is 5.26 Å². The van der Waals surface area contributed by atoms with Crippen LogP contribution in [-0.4, -0.2) is 4.98 Å². The smallest absolute Gasteiger partial charge is 0.183 e. The van der Waals surface area contributed by atoms with Crippen molar-refractivity contribution in [3.05, 3.63) is 52.8 Å². The average molecular weight is 275 g/mol. The largest absolute Gasteiger partial charge is 0.453 e. The van der Waals surface area contributed by atoms with Gasteiger partial charge in [-0.1, -0.05) is 12.1 Å². The lowest BCUT2D eigenvalue weighted by Crippen LogP contribution is -1.90. The molecule has 1 heterocycles. The van der Waals surface area contributed by atoms with E-state index in [0.29, 0.717) is 11.5 Å². The van der Waals surface area contributed by atoms with Crippen LogP contribution >= 0.6 is 15.9 Å². The summed E-state index contributed by atoms with van der Waals surface area (Å²) in [7, 11) is 0. The van der Waals surface area contributed by atoms with Crippen molar-refractivity contribution < 1.29 is 4.74 Å². The lowest BCUT2D eigenvalue weighted by atomic mass is 10.3. The second kappa shape index (κ2) is 4.77. The zero-order valence-corrected chi connectivity index (χ0v) is 9.81. The highest BCUT2D eigenvalue weighted by Gasteiger charge is 2.06. The van der Waals surface area contributed by atoms with Crippen LogP contribution in [-0.2, 0) is 0 Å². The molecular formula is C12H7BrN2O. The molecule has 0 saturated heterocycles. The quantitative estimate of drug-likeness (QED) is 0.842. The summed E-state index contributed by atoms with van der Waals surface area (Å²) in [6.45, 7) is 0. The normalized spacial score (nSPS) is 9.50. The van der Waals surface area contributed by atoms with E-state index in [1.165, 1.54) is 0 Å². The lowest BCUT2D eigenvalue weighted by molar-refractivity contribution is 0.475. The lowest BCUT2D eigenvalue weighted by Gasteiger charge is -2.07. The molecule has 0 amide bonds. The van der Waals surface area contributed by atoms with Crippen molar-refractivity contribution in [3.63, 3.8) is 0 Å². The van der Waals surface area contributed by atoms with Crippen LogP contribution in [0.1, 0.15) is 5.69 Å². The maximum atomic E-state index is 8.86. The number of rotatable bonds is 2. The number of nitriles is 1. The second-order valence-corrected chi connectivity index (χ2v) is 3.85. The Balaban J connectivity index is 2.35. The Morgan fingerprint density at radius 2 is 1.88 bits per heavy atom. The van der Waals surface area contributed by atoms with E-state index >= 15 is 0 Å². The number of halogens is 1. The van der Waals surface area contributed by atoms with E-state index in [2.05, 4.69) is 20.9 Å². The first kappa shape index (κ1) is 10.7. The Hall–Kier alpha value is -1.86. The van der Waals surface area contributed by atoms with Crippen molar-refractivity contribution in [1.29, 1.82) is 5.26 Å². The molecule has 0 aliphatic heterocycles. The molecule has 0 saturated carbocycles. The first-order chi connectivity index (χ1) is 7.81. The Morgan fingerprint density at radius 1 is 1.12 bits per heavy atom. The third kappa shape index (κ3) is 2.20. The summed E-state index contributed by atoms with van der Waals surface area (Å²) in [6.07, 6.45) is 1.56. The van der Waals surface area contributed by atoms with Gasteiger partial charge in [-0.15, -0.1) is 0 Å². The Morgan fingerprint density at radius 3 is 2.62 bits per heavy atom. The fourth-order valence-corrected chi connectivity index (χ4v) is 1.57. The van der Waals surface area contributed by atoms with E-state index in [-0.39, 0.29) is 5.69 Å². The van der Waals surface area contributed by atoms with Crippen LogP contribution in [0.5, 0.6) is 11.5 Å². The number of benzene rings is 1. The van der Waals surface area contributed by atoms with Gasteiger partial charge in [-0.3, -0.25) is 0 Å². The number of hydrogen-bond donors (Lipinski definition) is 0. The number of para-hydroxylation sites is 1. The van der Waals surface area contributed by atoms with Crippen LogP contribution in [0.2, 0.25) is 0 Å². The predicted molar refractivity (Wildman–Crippen MR) is 63.2 cm³/mol. The summed E-state index contributed by atoms with van der Waals surface area (Å²) in [5.74, 6) is 1.11. The molecule has 78 valence electrons. The Bertz CT molecular complexity index is 549. The second-order valence-electron chi connectivity index (χ2n) is 2.99. The summed E-state index contributed by atoms with van der Waals surface area (Å²) in [6, 6.07) is 12.9. The van der Waals surface area contributed by atoms with Crippen molar-refractivity contribution in [2.45, 2.75) is 0 Å². The van der Waals surface area contributed by atoms with E-state index in [0.717, 1.165) is 4.47 Å². The third-order valence-electron chi connectivity index (χ3n) is 1.93. The molecule has 0 aliphatic carbocycles. The molecule has 0 unspecified atom stereocenters. The number of hydrogen-bond acceptors (Lipinski definition) is 3. The third-order valence-corrected chi connectivity index (χ3v) is 2.59. The maximum Gasteiger partial charge on any atom is 0.183 e. The molecule has 2 aromatic rings. The maximum absolute atomic E-state index is 8.86. The molecular weight excluding hydrogens is 268 g/mol. The first-order valence-corrected chi connectivity index (χ1v) is 5.38. The van der Waals surface area contributed by atoms with Gasteiger partial charge in [0, 0.05) is 6.20 Å². The topological polar surface area (TPSA) is 45.9 Å². The van der Waals surface area contributed by atoms with Crippen LogP contribution in [0, 0.1) is 11.3 Å². The van der Waals surface area contributed by atoms with Crippen LogP contribution in [0.3, 0.4) is 0 Å². The van der Waals surface area contributed by atoms with Crippen LogP contribution < -0.4 is 4.74 Å². The number of nitrogens with zero attached hydrogens (tertiary/aromatic N) is 2. The molecule has 2 rings (SSSR count). The highest BCUT2D eigenvalue weighted by molar-refractivity contribution is 9.10. The summed E-state index contributed by atoms with van der Waals surface area (Å²) in [5, 5.41) is 8.86. The van der Waals surface area contributed by atoms with E-state index < -0.39 is 0 Å². The SMILES string of the molecule is N#Cc1ncccc1Oc1ccccc1Br. The Kier molecular flexibility index (Phi) is 3.18. The van der Waals surface area contributed by atoms with Gasteiger partial charge in [-0.05, 0) is 40.2 Å². The summed E-state index contributed by atoms with van der Waals surface area (Å²) < 4.78 is 6.44. The van der Waals surface area contributed by atoms with Gasteiger partial charge >= 0.3 is 0 Å². The molecule has 0 spiro atoms. The molecule has 0 atom stereocenters. The summed E-state index contributed by atoms with van der Waals surface area (Å²) in [4.78, 5) is 3.92. The minimum absolute atomic E-state index is 0.276. The van der Waals surface area contributed by atoms with Gasteiger partial charge in [-0.25, -0.2) is 4.98 Å². The molecule has 0 fully saturated rings. The van der Waals surface area contributed by atoms with Crippen molar-refractivity contribution in [2.24, 2.45) is 0 Å². The van der Waals surface area contributed by atoms with E-state index in [9.17, 15) is 0 Å². The fourth-order valence-electron chi connectivity index (χ4n) is 1.20. The monoisotopic (exact) mass is 274 g/mol. The van der Waals surface area contributed by atoms with Crippen LogP contribution in [0.25, 0.3) is 0 Å². The van der Waals surface area contributed by atoms with Gasteiger partial charge in [0.2, 0.25) is 0 Å². The molecule has 0 N–H and O–H groups in total. The van der Waals surface area contributed by atoms with Crippen molar-refractivity contribution in [2.75, 3.05) is 0 Å². The van der Waals surface area contributed by atoms with Crippen LogP contribution in [0.4, 0.5) is 0 Å². The minimum atomic E-state index is 0.276. The van der Waals surface area contributed by atoms with Gasteiger partial charge in [0.25, 0.3) is 0 Å². The predicted octanol–water partition coefficient (Wildman–Crippen LogP) is 3.51. The molecule has 0 radical (unpaired) electrons. The minimum Gasteiger partial charge on any atom is -0.453 e. The van der Waals surface area contributed by atoms with Crippen molar-refractivity contribution >= 4 is 15.9 Å². The molecule has 1 aromatic carbocycles. The van der Waals surface area contributed by atoms with Crippen molar-refractivity contribution in [1.82, 2.24) is 4.98 Å². The van der Waals surface area contributed by atoms with E-state index in [1.54, 1.807) is 18.3 Å². The molecule has 1 aromatic heterocycles. The van der Waals surface area contributed by atoms with Crippen molar-refractivity contribution in [3.8, 4) is 17.6 Å². The van der Waals surface area contributed by atoms with E-state index in [1.807, 2.05) is 30.3 Å². The fraction of sp³-hybridized carbons (Fsp3) is 0. The van der Waals surface area contributed by atoms with Gasteiger partial charge in [0.05, 0.1) is 4.47 Å². The standard InChI is InChI=1S/C12H7BrN2O/c13-9-4-1-2-5-11(9)16-12-6-3-7-15-10(12)8-14/h1-7H. The molecule has 3 nitrogen and oxygen atoms in total. The van der Waals surface area contributed by atoms with Gasteiger partial charge < -0.3 is 4.74 Å². The molecule has 0 bridgehead atoms. The van der Waals surface area contributed by atoms with Crippen LogP contribution in [0.15, 0.2) is 47.1 Å². The molecule has 4 heteroatoms. The number of aromatic nitrogens is 1. The van der Waals surface area contributed by atoms with Gasteiger partial charge in [0.1, 0.15) is 11.8 Å². The Labute approximate surface area is 101 Å². The summed E-state index contributed by atoms with van der Waals surface area (Å²) >= 11 is 3.37. The zero-order chi connectivity index (χ0) is 11.4.